The van der Waals surface area contributed by atoms with E-state index >= 15 is 0 Å². The van der Waals surface area contributed by atoms with E-state index in [9.17, 15) is 4.79 Å². The number of carbonyl (C=O) groups excluding carboxylic acids is 1. The van der Waals surface area contributed by atoms with E-state index in [1.165, 1.54) is 5.56 Å². The number of hydrogen-bond donors (Lipinski definition) is 0. The Bertz CT molecular complexity index is 979. The molecule has 3 aromatic rings. The van der Waals surface area contributed by atoms with E-state index in [0.29, 0.717) is 17.8 Å². The van der Waals surface area contributed by atoms with Crippen molar-refractivity contribution in [1.29, 1.82) is 0 Å². The van der Waals surface area contributed by atoms with Gasteiger partial charge in [0.15, 0.2) is 0 Å². The second-order valence-electron chi connectivity index (χ2n) is 7.84. The first-order valence-corrected chi connectivity index (χ1v) is 11.3. The fraction of sp³-hybridized carbons (Fsp3) is 0.391. The van der Waals surface area contributed by atoms with Crippen molar-refractivity contribution in [3.8, 4) is 10.9 Å². The van der Waals surface area contributed by atoms with E-state index < -0.39 is 0 Å². The Morgan fingerprint density at radius 2 is 1.87 bits per heavy atom. The molecular formula is C23H25N3O3S. The number of rotatable bonds is 5. The third-order valence-corrected chi connectivity index (χ3v) is 6.74. The van der Waals surface area contributed by atoms with Crippen LogP contribution in [-0.2, 0) is 16.1 Å². The van der Waals surface area contributed by atoms with Crippen LogP contribution in [0, 0.1) is 0 Å². The van der Waals surface area contributed by atoms with Gasteiger partial charge in [0.05, 0.1) is 16.8 Å². The fourth-order valence-electron chi connectivity index (χ4n) is 4.22. The van der Waals surface area contributed by atoms with Gasteiger partial charge < -0.3 is 14.4 Å². The van der Waals surface area contributed by atoms with Crippen LogP contribution in [0.4, 0.5) is 0 Å². The van der Waals surface area contributed by atoms with Gasteiger partial charge >= 0.3 is 0 Å². The third kappa shape index (κ3) is 4.33. The Morgan fingerprint density at radius 3 is 2.63 bits per heavy atom. The lowest BCUT2D eigenvalue weighted by atomic mass is 10.0. The van der Waals surface area contributed by atoms with Gasteiger partial charge in [-0.25, -0.2) is 4.98 Å². The second kappa shape index (κ2) is 8.71. The van der Waals surface area contributed by atoms with E-state index in [-0.39, 0.29) is 12.5 Å². The smallest absolute Gasteiger partial charge is 0.279 e. The highest BCUT2D eigenvalue weighted by molar-refractivity contribution is 7.20. The SMILES string of the molecule is O=C1COCCN1C1CCN(Cc2ccc(Oc3nc4ccccc4s3)cc2)CC1. The van der Waals surface area contributed by atoms with Crippen molar-refractivity contribution in [3.63, 3.8) is 0 Å². The Kier molecular flexibility index (Phi) is 5.66. The molecule has 2 fully saturated rings. The maximum absolute atomic E-state index is 12.1. The number of thiazole rings is 1. The van der Waals surface area contributed by atoms with Gasteiger partial charge in [-0.05, 0) is 42.7 Å². The molecule has 0 aliphatic carbocycles. The van der Waals surface area contributed by atoms with Crippen LogP contribution in [0.2, 0.25) is 0 Å². The zero-order chi connectivity index (χ0) is 20.3. The number of hydrogen-bond acceptors (Lipinski definition) is 6. The molecule has 0 spiro atoms. The van der Waals surface area contributed by atoms with Gasteiger partial charge in [-0.1, -0.05) is 35.6 Å². The minimum Gasteiger partial charge on any atom is -0.431 e. The van der Waals surface area contributed by atoms with Crippen molar-refractivity contribution in [2.75, 3.05) is 32.8 Å². The van der Waals surface area contributed by atoms with Gasteiger partial charge in [-0.2, -0.15) is 0 Å². The highest BCUT2D eigenvalue weighted by Gasteiger charge is 2.29. The summed E-state index contributed by atoms with van der Waals surface area (Å²) in [5.74, 6) is 0.950. The maximum Gasteiger partial charge on any atom is 0.279 e. The number of morpholine rings is 1. The average molecular weight is 424 g/mol. The average Bonchev–Trinajstić information content (AvgIpc) is 3.18. The Balaban J connectivity index is 1.14. The largest absolute Gasteiger partial charge is 0.431 e. The van der Waals surface area contributed by atoms with E-state index in [4.69, 9.17) is 9.47 Å². The number of carbonyl (C=O) groups is 1. The van der Waals surface area contributed by atoms with Crippen LogP contribution in [0.3, 0.4) is 0 Å². The Labute approximate surface area is 180 Å². The molecule has 1 amide bonds. The predicted octanol–water partition coefficient (Wildman–Crippen LogP) is 3.91. The van der Waals surface area contributed by atoms with Crippen LogP contribution in [-0.4, -0.2) is 59.6 Å². The van der Waals surface area contributed by atoms with Crippen molar-refractivity contribution in [2.24, 2.45) is 0 Å². The van der Waals surface area contributed by atoms with Crippen LogP contribution >= 0.6 is 11.3 Å². The molecule has 5 rings (SSSR count). The van der Waals surface area contributed by atoms with Crippen LogP contribution in [0.25, 0.3) is 10.2 Å². The third-order valence-electron chi connectivity index (χ3n) is 5.83. The van der Waals surface area contributed by atoms with Crippen LogP contribution in [0.1, 0.15) is 18.4 Å². The lowest BCUT2D eigenvalue weighted by Gasteiger charge is -2.40. The normalized spacial score (nSPS) is 18.8. The Morgan fingerprint density at radius 1 is 1.07 bits per heavy atom. The number of fused-ring (bicyclic) bond motifs is 1. The molecular weight excluding hydrogens is 398 g/mol. The van der Waals surface area contributed by atoms with E-state index in [0.717, 1.165) is 55.0 Å². The maximum atomic E-state index is 12.1. The molecule has 0 unspecified atom stereocenters. The lowest BCUT2D eigenvalue weighted by molar-refractivity contribution is -0.146. The summed E-state index contributed by atoms with van der Waals surface area (Å²) in [6.07, 6.45) is 2.06. The zero-order valence-electron chi connectivity index (χ0n) is 16.8. The van der Waals surface area contributed by atoms with Crippen molar-refractivity contribution < 1.29 is 14.3 Å². The highest BCUT2D eigenvalue weighted by atomic mass is 32.1. The molecule has 2 aliphatic heterocycles. The summed E-state index contributed by atoms with van der Waals surface area (Å²) in [7, 11) is 0. The highest BCUT2D eigenvalue weighted by Crippen LogP contribution is 2.31. The van der Waals surface area contributed by atoms with Gasteiger partial charge in [0.25, 0.3) is 5.19 Å². The number of nitrogens with zero attached hydrogens (tertiary/aromatic N) is 3. The first-order chi connectivity index (χ1) is 14.7. The molecule has 30 heavy (non-hydrogen) atoms. The van der Waals surface area contributed by atoms with Crippen molar-refractivity contribution >= 4 is 27.5 Å². The summed E-state index contributed by atoms with van der Waals surface area (Å²) in [5, 5.41) is 0.670. The van der Waals surface area contributed by atoms with E-state index in [1.807, 2.05) is 35.2 Å². The molecule has 0 radical (unpaired) electrons. The summed E-state index contributed by atoms with van der Waals surface area (Å²) in [4.78, 5) is 21.1. The van der Waals surface area contributed by atoms with Crippen molar-refractivity contribution in [2.45, 2.75) is 25.4 Å². The number of para-hydroxylation sites is 1. The molecule has 0 bridgehead atoms. The summed E-state index contributed by atoms with van der Waals surface area (Å²) >= 11 is 1.56. The quantitative estimate of drug-likeness (QED) is 0.623. The molecule has 0 saturated carbocycles. The summed E-state index contributed by atoms with van der Waals surface area (Å²) < 4.78 is 12.3. The first kappa shape index (κ1) is 19.5. The standard InChI is InChI=1S/C23H25N3O3S/c27-22-16-28-14-13-26(22)18-9-11-25(12-10-18)15-17-5-7-19(8-6-17)29-23-24-20-3-1-2-4-21(20)30-23/h1-8,18H,9-16H2. The molecule has 156 valence electrons. The summed E-state index contributed by atoms with van der Waals surface area (Å²) in [6.45, 7) is 4.59. The number of ether oxygens (including phenoxy) is 2. The number of amides is 1. The predicted molar refractivity (Wildman–Crippen MR) is 117 cm³/mol. The van der Waals surface area contributed by atoms with Crippen molar-refractivity contribution in [3.05, 3.63) is 54.1 Å². The number of likely N-dealkylation sites (tertiary alicyclic amines) is 1. The minimum atomic E-state index is 0.142. The van der Waals surface area contributed by atoms with Crippen LogP contribution < -0.4 is 4.74 Å². The van der Waals surface area contributed by atoms with Gasteiger partial charge in [0, 0.05) is 32.2 Å². The summed E-state index contributed by atoms with van der Waals surface area (Å²) in [6, 6.07) is 16.7. The minimum absolute atomic E-state index is 0.142. The van der Waals surface area contributed by atoms with E-state index in [1.54, 1.807) is 11.3 Å². The monoisotopic (exact) mass is 423 g/mol. The molecule has 3 heterocycles. The Hall–Kier alpha value is -2.48. The number of aromatic nitrogens is 1. The van der Waals surface area contributed by atoms with Crippen LogP contribution in [0.15, 0.2) is 48.5 Å². The van der Waals surface area contributed by atoms with Crippen molar-refractivity contribution in [1.82, 2.24) is 14.8 Å². The first-order valence-electron chi connectivity index (χ1n) is 10.5. The van der Waals surface area contributed by atoms with E-state index in [2.05, 4.69) is 28.1 Å². The fourth-order valence-corrected chi connectivity index (χ4v) is 5.06. The molecule has 7 heteroatoms. The summed E-state index contributed by atoms with van der Waals surface area (Å²) in [5.41, 5.74) is 2.24. The number of benzene rings is 2. The topological polar surface area (TPSA) is 54.9 Å². The second-order valence-corrected chi connectivity index (χ2v) is 8.83. The zero-order valence-corrected chi connectivity index (χ0v) is 17.6. The molecule has 2 aliphatic rings. The van der Waals surface area contributed by atoms with Gasteiger partial charge in [-0.3, -0.25) is 9.69 Å². The molecule has 0 N–H and O–H groups in total. The molecule has 2 saturated heterocycles. The molecule has 2 aromatic carbocycles. The molecule has 1 aromatic heterocycles. The van der Waals surface area contributed by atoms with Gasteiger partial charge in [-0.15, -0.1) is 0 Å². The molecule has 0 atom stereocenters. The van der Waals surface area contributed by atoms with Crippen LogP contribution in [0.5, 0.6) is 10.9 Å². The lowest BCUT2D eigenvalue weighted by Crippen LogP contribution is -2.51. The van der Waals surface area contributed by atoms with Gasteiger partial charge in [0.1, 0.15) is 12.4 Å². The number of piperidine rings is 1. The van der Waals surface area contributed by atoms with Gasteiger partial charge in [0.2, 0.25) is 5.91 Å². The molecule has 6 nitrogen and oxygen atoms in total.